The van der Waals surface area contributed by atoms with Crippen LogP contribution in [0.2, 0.25) is 0 Å². The van der Waals surface area contributed by atoms with Gasteiger partial charge in [0.1, 0.15) is 17.7 Å². The molecular formula is C21H14F4N4O3. The Balaban J connectivity index is 1.33. The molecule has 3 heterocycles. The zero-order chi connectivity index (χ0) is 22.3. The third-order valence-corrected chi connectivity index (χ3v) is 4.87. The van der Waals surface area contributed by atoms with Gasteiger partial charge in [0.2, 0.25) is 5.82 Å². The molecular weight excluding hydrogens is 432 g/mol. The predicted molar refractivity (Wildman–Crippen MR) is 102 cm³/mol. The smallest absolute Gasteiger partial charge is 0.406 e. The summed E-state index contributed by atoms with van der Waals surface area (Å²) in [4.78, 5) is 4.29. The summed E-state index contributed by atoms with van der Waals surface area (Å²) in [7, 11) is 0. The quantitative estimate of drug-likeness (QED) is 0.415. The van der Waals surface area contributed by atoms with Crippen LogP contribution in [0.1, 0.15) is 17.4 Å². The largest absolute Gasteiger partial charge is 0.573 e. The van der Waals surface area contributed by atoms with E-state index in [9.17, 15) is 17.6 Å². The van der Waals surface area contributed by atoms with Crippen molar-refractivity contribution in [1.82, 2.24) is 19.9 Å². The van der Waals surface area contributed by atoms with E-state index in [-0.39, 0.29) is 29.4 Å². The first kappa shape index (κ1) is 20.2. The molecule has 0 unspecified atom stereocenters. The Morgan fingerprint density at radius 3 is 2.50 bits per heavy atom. The number of ether oxygens (including phenoxy) is 2. The molecule has 1 aliphatic heterocycles. The van der Waals surface area contributed by atoms with Gasteiger partial charge < -0.3 is 14.0 Å². The van der Waals surface area contributed by atoms with Gasteiger partial charge in [-0.3, -0.25) is 4.68 Å². The van der Waals surface area contributed by atoms with E-state index in [2.05, 4.69) is 20.0 Å². The van der Waals surface area contributed by atoms with Crippen molar-refractivity contribution in [3.8, 4) is 28.7 Å². The maximum Gasteiger partial charge on any atom is 0.573 e. The van der Waals surface area contributed by atoms with Crippen LogP contribution in [0.15, 0.2) is 59.1 Å². The fraction of sp³-hybridized carbons (Fsp3) is 0.190. The first-order valence-electron chi connectivity index (χ1n) is 9.48. The SMILES string of the molecule is Fc1ccc([C@H]2Cn3nc(-c4nc(-c5ccc(OC(F)(F)F)cc5)no4)cc3CO2)cc1. The molecule has 0 fully saturated rings. The molecule has 0 bridgehead atoms. The second kappa shape index (κ2) is 7.75. The van der Waals surface area contributed by atoms with Crippen LogP contribution in [0.5, 0.6) is 5.75 Å². The summed E-state index contributed by atoms with van der Waals surface area (Å²) in [5.41, 5.74) is 2.55. The molecule has 0 radical (unpaired) electrons. The van der Waals surface area contributed by atoms with Gasteiger partial charge >= 0.3 is 6.36 Å². The van der Waals surface area contributed by atoms with Crippen molar-refractivity contribution < 1.29 is 31.6 Å². The van der Waals surface area contributed by atoms with Crippen LogP contribution in [0, 0.1) is 5.82 Å². The molecule has 2 aromatic carbocycles. The molecule has 0 aliphatic carbocycles. The number of rotatable bonds is 4. The molecule has 0 spiro atoms. The second-order valence-electron chi connectivity index (χ2n) is 7.05. The lowest BCUT2D eigenvalue weighted by Gasteiger charge is -2.24. The Labute approximate surface area is 178 Å². The highest BCUT2D eigenvalue weighted by Gasteiger charge is 2.31. The van der Waals surface area contributed by atoms with Crippen LogP contribution in [-0.2, 0) is 17.9 Å². The van der Waals surface area contributed by atoms with Gasteiger partial charge in [-0.15, -0.1) is 13.2 Å². The van der Waals surface area contributed by atoms with Crippen LogP contribution in [0.25, 0.3) is 23.0 Å². The van der Waals surface area contributed by atoms with Crippen LogP contribution >= 0.6 is 0 Å². The third kappa shape index (κ3) is 4.19. The van der Waals surface area contributed by atoms with E-state index in [1.54, 1.807) is 22.9 Å². The average molecular weight is 446 g/mol. The van der Waals surface area contributed by atoms with E-state index in [0.29, 0.717) is 24.4 Å². The summed E-state index contributed by atoms with van der Waals surface area (Å²) in [6.45, 7) is 0.735. The molecule has 4 aromatic rings. The Morgan fingerprint density at radius 1 is 1.03 bits per heavy atom. The summed E-state index contributed by atoms with van der Waals surface area (Å²) in [5, 5.41) is 8.38. The van der Waals surface area contributed by atoms with Crippen LogP contribution in [-0.4, -0.2) is 26.3 Å². The normalized spacial score (nSPS) is 16.1. The van der Waals surface area contributed by atoms with E-state index < -0.39 is 6.36 Å². The van der Waals surface area contributed by atoms with Crippen LogP contribution < -0.4 is 4.74 Å². The predicted octanol–water partition coefficient (Wildman–Crippen LogP) is 4.91. The maximum atomic E-state index is 13.2. The molecule has 1 aliphatic rings. The van der Waals surface area contributed by atoms with Gasteiger partial charge in [-0.25, -0.2) is 4.39 Å². The number of halogens is 4. The van der Waals surface area contributed by atoms with Crippen molar-refractivity contribution in [2.45, 2.75) is 25.6 Å². The molecule has 1 atom stereocenters. The Bertz CT molecular complexity index is 1230. The van der Waals surface area contributed by atoms with Gasteiger partial charge in [-0.05, 0) is 48.0 Å². The van der Waals surface area contributed by atoms with Gasteiger partial charge in [0, 0.05) is 5.56 Å². The number of benzene rings is 2. The van der Waals surface area contributed by atoms with E-state index in [0.717, 1.165) is 11.3 Å². The molecule has 0 N–H and O–H groups in total. The highest BCUT2D eigenvalue weighted by Crippen LogP contribution is 2.30. The minimum atomic E-state index is -4.76. The van der Waals surface area contributed by atoms with Gasteiger partial charge in [0.05, 0.1) is 18.8 Å². The molecule has 164 valence electrons. The van der Waals surface area contributed by atoms with Crippen molar-refractivity contribution in [1.29, 1.82) is 0 Å². The number of aromatic nitrogens is 4. The second-order valence-corrected chi connectivity index (χ2v) is 7.05. The molecule has 11 heteroatoms. The van der Waals surface area contributed by atoms with Gasteiger partial charge in [0.25, 0.3) is 5.89 Å². The summed E-state index contributed by atoms with van der Waals surface area (Å²) in [5.74, 6) is -0.301. The van der Waals surface area contributed by atoms with Gasteiger partial charge in [-0.2, -0.15) is 10.1 Å². The molecule has 2 aromatic heterocycles. The van der Waals surface area contributed by atoms with E-state index >= 15 is 0 Å². The molecule has 0 saturated carbocycles. The monoisotopic (exact) mass is 446 g/mol. The average Bonchev–Trinajstić information content (AvgIpc) is 3.40. The van der Waals surface area contributed by atoms with Crippen molar-refractivity contribution in [2.24, 2.45) is 0 Å². The Hall–Kier alpha value is -3.73. The summed E-state index contributed by atoms with van der Waals surface area (Å²) in [6, 6.07) is 13.0. The summed E-state index contributed by atoms with van der Waals surface area (Å²) < 4.78 is 66.8. The topological polar surface area (TPSA) is 75.2 Å². The fourth-order valence-electron chi connectivity index (χ4n) is 3.36. The molecule has 7 nitrogen and oxygen atoms in total. The lowest BCUT2D eigenvalue weighted by molar-refractivity contribution is -0.274. The van der Waals surface area contributed by atoms with Crippen molar-refractivity contribution in [3.63, 3.8) is 0 Å². The number of fused-ring (bicyclic) bond motifs is 1. The number of alkyl halides is 3. The maximum absolute atomic E-state index is 13.2. The molecule has 0 saturated heterocycles. The lowest BCUT2D eigenvalue weighted by atomic mass is 10.1. The van der Waals surface area contributed by atoms with Gasteiger partial charge in [-0.1, -0.05) is 17.3 Å². The van der Waals surface area contributed by atoms with Crippen molar-refractivity contribution in [3.05, 3.63) is 71.7 Å². The van der Waals surface area contributed by atoms with Crippen LogP contribution in [0.3, 0.4) is 0 Å². The minimum absolute atomic E-state index is 0.163. The number of hydrogen-bond donors (Lipinski definition) is 0. The summed E-state index contributed by atoms with van der Waals surface area (Å²) in [6.07, 6.45) is -5.04. The van der Waals surface area contributed by atoms with Gasteiger partial charge in [0.15, 0.2) is 5.69 Å². The highest BCUT2D eigenvalue weighted by molar-refractivity contribution is 5.59. The fourth-order valence-corrected chi connectivity index (χ4v) is 3.36. The highest BCUT2D eigenvalue weighted by atomic mass is 19.4. The van der Waals surface area contributed by atoms with Crippen molar-refractivity contribution in [2.75, 3.05) is 0 Å². The summed E-state index contributed by atoms with van der Waals surface area (Å²) >= 11 is 0. The standard InChI is InChI=1S/C21H14F4N4O3/c22-14-5-1-12(2-6-14)18-10-29-15(11-30-18)9-17(27-29)20-26-19(28-32-20)13-3-7-16(8-4-13)31-21(23,24)25/h1-9,18H,10-11H2/t18-/m1/s1. The zero-order valence-corrected chi connectivity index (χ0v) is 16.2. The van der Waals surface area contributed by atoms with E-state index in [1.807, 2.05) is 0 Å². The minimum Gasteiger partial charge on any atom is -0.406 e. The molecule has 32 heavy (non-hydrogen) atoms. The molecule has 5 rings (SSSR count). The van der Waals surface area contributed by atoms with E-state index in [4.69, 9.17) is 9.26 Å². The molecule has 0 amide bonds. The first-order valence-corrected chi connectivity index (χ1v) is 9.48. The number of hydrogen-bond acceptors (Lipinski definition) is 6. The lowest BCUT2D eigenvalue weighted by Crippen LogP contribution is -2.21. The Kier molecular flexibility index (Phi) is 4.89. The zero-order valence-electron chi connectivity index (χ0n) is 16.2. The first-order chi connectivity index (χ1) is 15.3. The Morgan fingerprint density at radius 2 is 1.78 bits per heavy atom. The number of nitrogens with zero attached hydrogens (tertiary/aromatic N) is 4. The van der Waals surface area contributed by atoms with Crippen LogP contribution in [0.4, 0.5) is 17.6 Å². The third-order valence-electron chi connectivity index (χ3n) is 4.87. The van der Waals surface area contributed by atoms with E-state index in [1.165, 1.54) is 36.4 Å². The van der Waals surface area contributed by atoms with Crippen molar-refractivity contribution >= 4 is 0 Å².